The van der Waals surface area contributed by atoms with Gasteiger partial charge in [0.05, 0.1) is 6.10 Å². The van der Waals surface area contributed by atoms with Crippen molar-refractivity contribution in [1.82, 2.24) is 9.66 Å². The van der Waals surface area contributed by atoms with Crippen LogP contribution >= 0.6 is 11.8 Å². The first kappa shape index (κ1) is 29.0. The Morgan fingerprint density at radius 3 is 2.70 bits per heavy atom. The van der Waals surface area contributed by atoms with Crippen LogP contribution in [-0.4, -0.2) is 35.4 Å². The summed E-state index contributed by atoms with van der Waals surface area (Å²) in [6, 6.07) is 12.7. The summed E-state index contributed by atoms with van der Waals surface area (Å²) in [4.78, 5) is 10.2. The minimum atomic E-state index is -0.714. The van der Waals surface area contributed by atoms with Gasteiger partial charge in [-0.3, -0.25) is 0 Å². The third-order valence-corrected chi connectivity index (χ3v) is 7.43. The molecule has 1 aromatic heterocycles. The number of hydrogen-bond donors (Lipinski definition) is 2. The van der Waals surface area contributed by atoms with Gasteiger partial charge in [-0.2, -0.15) is 10.2 Å². The average molecular weight is 566 g/mol. The second-order valence-electron chi connectivity index (χ2n) is 9.69. The normalized spacial score (nSPS) is 14.2. The summed E-state index contributed by atoms with van der Waals surface area (Å²) in [7, 11) is 0. The Morgan fingerprint density at radius 2 is 2.08 bits per heavy atom. The number of aromatic nitrogens is 2. The molecule has 40 heavy (non-hydrogen) atoms. The molecule has 1 fully saturated rings. The topological polar surface area (TPSA) is 105 Å². The molecule has 1 aliphatic rings. The molecule has 0 saturated heterocycles. The Bertz CT molecular complexity index is 1470. The molecule has 1 saturated carbocycles. The second-order valence-corrected chi connectivity index (χ2v) is 10.8. The monoisotopic (exact) mass is 565 g/mol. The van der Waals surface area contributed by atoms with Crippen molar-refractivity contribution in [2.24, 2.45) is 21.7 Å². The van der Waals surface area contributed by atoms with Crippen molar-refractivity contribution >= 4 is 36.0 Å². The van der Waals surface area contributed by atoms with Crippen LogP contribution in [0.4, 0.5) is 14.6 Å². The lowest BCUT2D eigenvalue weighted by molar-refractivity contribution is 0.234. The highest BCUT2D eigenvalue weighted by molar-refractivity contribution is 7.99. The van der Waals surface area contributed by atoms with E-state index in [1.54, 1.807) is 19.9 Å². The van der Waals surface area contributed by atoms with Crippen molar-refractivity contribution in [3.05, 3.63) is 77.6 Å². The van der Waals surface area contributed by atoms with Gasteiger partial charge in [-0.1, -0.05) is 47.6 Å². The van der Waals surface area contributed by atoms with Crippen molar-refractivity contribution in [2.45, 2.75) is 55.4 Å². The summed E-state index contributed by atoms with van der Waals surface area (Å²) < 4.78 is 37.3. The van der Waals surface area contributed by atoms with E-state index in [2.05, 4.69) is 33.9 Å². The van der Waals surface area contributed by atoms with Crippen molar-refractivity contribution in [1.29, 1.82) is 5.41 Å². The molecular weight excluding hydrogens is 532 g/mol. The Balaban J connectivity index is 1.56. The van der Waals surface area contributed by atoms with Gasteiger partial charge in [0.15, 0.2) is 11.2 Å². The summed E-state index contributed by atoms with van der Waals surface area (Å²) in [6.45, 7) is 6.53. The van der Waals surface area contributed by atoms with E-state index in [1.165, 1.54) is 65.9 Å². The Labute approximate surface area is 236 Å². The van der Waals surface area contributed by atoms with Gasteiger partial charge in [-0.25, -0.2) is 19.0 Å². The van der Waals surface area contributed by atoms with Gasteiger partial charge >= 0.3 is 0 Å². The summed E-state index contributed by atoms with van der Waals surface area (Å²) in [5.74, 6) is 0.191. The van der Waals surface area contributed by atoms with Gasteiger partial charge in [0.25, 0.3) is 0 Å². The SMILES string of the molecule is C=Nn1cnc(/C(C=N)=C/N)c(OC(C)C)/c1=N\CN(F)c1ccc(Sc2cccc(CC3CCC3)c2)cc1F. The van der Waals surface area contributed by atoms with E-state index in [9.17, 15) is 0 Å². The zero-order valence-corrected chi connectivity index (χ0v) is 23.4. The van der Waals surface area contributed by atoms with E-state index in [-0.39, 0.29) is 39.4 Å². The molecule has 0 bridgehead atoms. The van der Waals surface area contributed by atoms with Crippen molar-refractivity contribution in [2.75, 3.05) is 11.8 Å². The second kappa shape index (κ2) is 13.4. The third kappa shape index (κ3) is 6.95. The molecule has 3 N–H and O–H groups in total. The minimum Gasteiger partial charge on any atom is -0.485 e. The Hall–Kier alpha value is -3.99. The number of nitrogens with one attached hydrogen (secondary N) is 1. The van der Waals surface area contributed by atoms with E-state index >= 15 is 8.87 Å². The molecule has 2 aromatic carbocycles. The van der Waals surface area contributed by atoms with Crippen LogP contribution in [0.1, 0.15) is 44.4 Å². The number of nitrogens with two attached hydrogens (primary N) is 1. The number of nitrogens with zero attached hydrogens (tertiary/aromatic N) is 5. The molecule has 1 aliphatic carbocycles. The third-order valence-electron chi connectivity index (χ3n) is 6.45. The van der Waals surface area contributed by atoms with Crippen molar-refractivity contribution < 1.29 is 13.6 Å². The standard InChI is InChI=1S/C29H33F2N7OS/c1-19(2)39-28-27(22(15-32)16-33)35-18-38(34-3)29(28)36-17-37(31)26-11-10-24(14-25(26)30)40-23-9-5-8-21(13-23)12-20-6-4-7-20/h5,8-11,13-16,18-20,32H,3-4,6-7,12,17,33H2,1-2H3/b22-16+,32-15?,36-29+. The average Bonchev–Trinajstić information content (AvgIpc) is 2.91. The molecule has 3 aromatic rings. The predicted molar refractivity (Wildman–Crippen MR) is 156 cm³/mol. The van der Waals surface area contributed by atoms with E-state index in [0.717, 1.165) is 23.4 Å². The first-order chi connectivity index (χ1) is 19.3. The number of hydrogen-bond acceptors (Lipinski definition) is 8. The highest BCUT2D eigenvalue weighted by Gasteiger charge is 2.19. The predicted octanol–water partition coefficient (Wildman–Crippen LogP) is 5.97. The molecule has 0 amide bonds. The van der Waals surface area contributed by atoms with Crippen molar-refractivity contribution in [3.8, 4) is 5.75 Å². The van der Waals surface area contributed by atoms with E-state index in [4.69, 9.17) is 15.9 Å². The summed E-state index contributed by atoms with van der Waals surface area (Å²) in [5, 5.41) is 11.7. The number of ether oxygens (including phenoxy) is 1. The lowest BCUT2D eigenvalue weighted by Crippen LogP contribution is -2.27. The van der Waals surface area contributed by atoms with E-state index < -0.39 is 12.5 Å². The highest BCUT2D eigenvalue weighted by Crippen LogP contribution is 2.34. The molecule has 0 atom stereocenters. The summed E-state index contributed by atoms with van der Waals surface area (Å²) in [6.07, 6.45) is 8.17. The molecule has 8 nitrogen and oxygen atoms in total. The molecular formula is C29H33F2N7OS. The molecule has 210 valence electrons. The molecule has 1 heterocycles. The van der Waals surface area contributed by atoms with Gasteiger partial charge in [0.2, 0.25) is 0 Å². The number of anilines is 1. The number of rotatable bonds is 12. The summed E-state index contributed by atoms with van der Waals surface area (Å²) in [5.41, 5.74) is 7.27. The first-order valence-electron chi connectivity index (χ1n) is 13.0. The van der Waals surface area contributed by atoms with Crippen LogP contribution < -0.4 is 21.1 Å². The van der Waals surface area contributed by atoms with Gasteiger partial charge in [0, 0.05) is 34.5 Å². The van der Waals surface area contributed by atoms with Crippen LogP contribution in [0.3, 0.4) is 0 Å². The van der Waals surface area contributed by atoms with Crippen LogP contribution in [0.5, 0.6) is 5.75 Å². The van der Waals surface area contributed by atoms with Crippen LogP contribution in [0.25, 0.3) is 5.57 Å². The molecule has 0 unspecified atom stereocenters. The molecule has 0 spiro atoms. The van der Waals surface area contributed by atoms with Crippen molar-refractivity contribution in [3.63, 3.8) is 0 Å². The number of allylic oxidation sites excluding steroid dienone is 1. The number of benzene rings is 2. The Morgan fingerprint density at radius 1 is 1.30 bits per heavy atom. The van der Waals surface area contributed by atoms with Gasteiger partial charge in [0.1, 0.15) is 30.2 Å². The lowest BCUT2D eigenvalue weighted by atomic mass is 9.81. The molecule has 0 radical (unpaired) electrons. The molecule has 4 rings (SSSR count). The van der Waals surface area contributed by atoms with E-state index in [0.29, 0.717) is 4.90 Å². The fourth-order valence-electron chi connectivity index (χ4n) is 4.28. The zero-order valence-electron chi connectivity index (χ0n) is 22.6. The smallest absolute Gasteiger partial charge is 0.197 e. The first-order valence-corrected chi connectivity index (χ1v) is 13.8. The van der Waals surface area contributed by atoms with Gasteiger partial charge < -0.3 is 15.9 Å². The van der Waals surface area contributed by atoms with Crippen LogP contribution in [0.2, 0.25) is 0 Å². The van der Waals surface area contributed by atoms with Gasteiger partial charge in [-0.15, -0.1) is 0 Å². The maximum atomic E-state index is 15.2. The quantitative estimate of drug-likeness (QED) is 0.208. The maximum absolute atomic E-state index is 15.2. The number of halogens is 2. The Kier molecular flexibility index (Phi) is 9.70. The summed E-state index contributed by atoms with van der Waals surface area (Å²) >= 11 is 1.44. The van der Waals surface area contributed by atoms with Crippen LogP contribution in [0.15, 0.2) is 74.9 Å². The minimum absolute atomic E-state index is 0.0897. The fraction of sp³-hybridized carbons (Fsp3) is 0.310. The zero-order chi connectivity index (χ0) is 28.6. The fourth-order valence-corrected chi connectivity index (χ4v) is 5.21. The molecule has 11 heteroatoms. The molecule has 0 aliphatic heterocycles. The highest BCUT2D eigenvalue weighted by atomic mass is 32.2. The largest absolute Gasteiger partial charge is 0.485 e. The van der Waals surface area contributed by atoms with Crippen LogP contribution in [-0.2, 0) is 6.42 Å². The maximum Gasteiger partial charge on any atom is 0.197 e. The van der Waals surface area contributed by atoms with E-state index in [1.807, 2.05) is 12.1 Å². The van der Waals surface area contributed by atoms with Gasteiger partial charge in [-0.05, 0) is 62.1 Å². The van der Waals surface area contributed by atoms with Crippen LogP contribution in [0, 0.1) is 17.1 Å². The lowest BCUT2D eigenvalue weighted by Gasteiger charge is -2.25.